The molecular formula is C27H42O2. The highest BCUT2D eigenvalue weighted by Gasteiger charge is 2.16. The van der Waals surface area contributed by atoms with Crippen LogP contribution in [0, 0.1) is 5.92 Å². The van der Waals surface area contributed by atoms with Crippen molar-refractivity contribution in [3.8, 4) is 0 Å². The molecule has 0 saturated heterocycles. The van der Waals surface area contributed by atoms with E-state index in [2.05, 4.69) is 86.8 Å². The number of hydrogen-bond acceptors (Lipinski definition) is 2. The van der Waals surface area contributed by atoms with Gasteiger partial charge in [-0.25, -0.2) is 0 Å². The molecule has 0 radical (unpaired) electrons. The fraction of sp³-hybridized carbons (Fsp3) is 0.519. The van der Waals surface area contributed by atoms with Crippen molar-refractivity contribution in [1.82, 2.24) is 0 Å². The molecule has 0 aromatic carbocycles. The van der Waals surface area contributed by atoms with Crippen LogP contribution < -0.4 is 0 Å². The number of carbonyl (C=O) groups is 1. The van der Waals surface area contributed by atoms with Crippen LogP contribution >= 0.6 is 0 Å². The molecule has 2 nitrogen and oxygen atoms in total. The van der Waals surface area contributed by atoms with Gasteiger partial charge in [0, 0.05) is 0 Å². The first kappa shape index (κ1) is 26.9. The molecule has 29 heavy (non-hydrogen) atoms. The van der Waals surface area contributed by atoms with Crippen molar-refractivity contribution in [1.29, 1.82) is 0 Å². The maximum atomic E-state index is 11.9. The number of allylic oxidation sites excluding steroid dienone is 12. The normalized spacial score (nSPS) is 13.9. The van der Waals surface area contributed by atoms with Crippen LogP contribution in [0.15, 0.2) is 72.9 Å². The van der Waals surface area contributed by atoms with E-state index in [1.165, 1.54) is 0 Å². The quantitative estimate of drug-likeness (QED) is 0.183. The van der Waals surface area contributed by atoms with Gasteiger partial charge in [-0.1, -0.05) is 93.2 Å². The average molecular weight is 399 g/mol. The summed E-state index contributed by atoms with van der Waals surface area (Å²) in [5, 5.41) is 0. The summed E-state index contributed by atoms with van der Waals surface area (Å²) in [4.78, 5) is 11.9. The van der Waals surface area contributed by atoms with Crippen LogP contribution in [-0.2, 0) is 9.53 Å². The lowest BCUT2D eigenvalue weighted by molar-refractivity contribution is -0.148. The fourth-order valence-electron chi connectivity index (χ4n) is 2.72. The summed E-state index contributed by atoms with van der Waals surface area (Å²) in [6, 6.07) is 0. The molecule has 0 saturated carbocycles. The molecule has 0 aliphatic rings. The topological polar surface area (TPSA) is 26.3 Å². The molecule has 162 valence electrons. The van der Waals surface area contributed by atoms with Crippen LogP contribution in [0.4, 0.5) is 0 Å². The summed E-state index contributed by atoms with van der Waals surface area (Å²) in [5.41, 5.74) is 0. The van der Waals surface area contributed by atoms with Gasteiger partial charge >= 0.3 is 5.97 Å². The molecule has 1 atom stereocenters. The van der Waals surface area contributed by atoms with Crippen molar-refractivity contribution in [3.63, 3.8) is 0 Å². The highest BCUT2D eigenvalue weighted by atomic mass is 16.5. The van der Waals surface area contributed by atoms with Crippen LogP contribution in [0.3, 0.4) is 0 Å². The zero-order chi connectivity index (χ0) is 21.4. The summed E-state index contributed by atoms with van der Waals surface area (Å²) >= 11 is 0. The predicted molar refractivity (Wildman–Crippen MR) is 128 cm³/mol. The van der Waals surface area contributed by atoms with Gasteiger partial charge in [0.1, 0.15) is 0 Å². The van der Waals surface area contributed by atoms with Crippen molar-refractivity contribution in [2.75, 3.05) is 6.61 Å². The summed E-state index contributed by atoms with van der Waals surface area (Å²) < 4.78 is 5.14. The molecule has 0 aliphatic heterocycles. The first-order valence-corrected chi connectivity index (χ1v) is 11.3. The van der Waals surface area contributed by atoms with E-state index in [9.17, 15) is 4.79 Å². The first-order valence-electron chi connectivity index (χ1n) is 11.3. The molecule has 0 rings (SSSR count). The van der Waals surface area contributed by atoms with Crippen molar-refractivity contribution in [3.05, 3.63) is 72.9 Å². The lowest BCUT2D eigenvalue weighted by atomic mass is 9.99. The maximum absolute atomic E-state index is 11.9. The summed E-state index contributed by atoms with van der Waals surface area (Å²) in [6.07, 6.45) is 35.0. The van der Waals surface area contributed by atoms with Crippen LogP contribution in [0.1, 0.15) is 78.6 Å². The Morgan fingerprint density at radius 2 is 1.07 bits per heavy atom. The summed E-state index contributed by atoms with van der Waals surface area (Å²) in [7, 11) is 0. The monoisotopic (exact) mass is 398 g/mol. The highest BCUT2D eigenvalue weighted by Crippen LogP contribution is 2.14. The SMILES string of the molecule is CC/C=C\C/C=C\C/C=C\C/C=C\C/C=C\C/C=C\CC(CCC)C(=O)OCC. The lowest BCUT2D eigenvalue weighted by Gasteiger charge is -2.12. The smallest absolute Gasteiger partial charge is 0.309 e. The van der Waals surface area contributed by atoms with E-state index in [4.69, 9.17) is 4.74 Å². The third kappa shape index (κ3) is 19.0. The minimum atomic E-state index is -0.0612. The zero-order valence-electron chi connectivity index (χ0n) is 18.9. The third-order valence-corrected chi connectivity index (χ3v) is 4.27. The van der Waals surface area contributed by atoms with Crippen molar-refractivity contribution < 1.29 is 9.53 Å². The molecule has 0 aromatic rings. The molecular weight excluding hydrogens is 356 g/mol. The Balaban J connectivity index is 3.81. The second-order valence-electron chi connectivity index (χ2n) is 6.89. The molecule has 0 amide bonds. The number of rotatable bonds is 17. The van der Waals surface area contributed by atoms with E-state index >= 15 is 0 Å². The Morgan fingerprint density at radius 1 is 0.655 bits per heavy atom. The molecule has 0 N–H and O–H groups in total. The molecule has 2 heteroatoms. The molecule has 1 unspecified atom stereocenters. The van der Waals surface area contributed by atoms with Crippen LogP contribution in [0.25, 0.3) is 0 Å². The third-order valence-electron chi connectivity index (χ3n) is 4.27. The minimum Gasteiger partial charge on any atom is -0.466 e. The minimum absolute atomic E-state index is 0.00422. The zero-order valence-corrected chi connectivity index (χ0v) is 18.9. The largest absolute Gasteiger partial charge is 0.466 e. The van der Waals surface area contributed by atoms with E-state index in [1.807, 2.05) is 6.92 Å². The van der Waals surface area contributed by atoms with Gasteiger partial charge in [0.25, 0.3) is 0 Å². The molecule has 0 heterocycles. The van der Waals surface area contributed by atoms with Crippen molar-refractivity contribution in [2.24, 2.45) is 5.92 Å². The fourth-order valence-corrected chi connectivity index (χ4v) is 2.72. The van der Waals surface area contributed by atoms with Gasteiger partial charge in [-0.3, -0.25) is 4.79 Å². The Kier molecular flexibility index (Phi) is 20.6. The lowest BCUT2D eigenvalue weighted by Crippen LogP contribution is -2.17. The van der Waals surface area contributed by atoms with E-state index in [0.29, 0.717) is 6.61 Å². The highest BCUT2D eigenvalue weighted by molar-refractivity contribution is 5.72. The van der Waals surface area contributed by atoms with Gasteiger partial charge in [0.15, 0.2) is 0 Å². The molecule has 0 fully saturated rings. The van der Waals surface area contributed by atoms with Gasteiger partial charge in [0.2, 0.25) is 0 Å². The Morgan fingerprint density at radius 3 is 1.45 bits per heavy atom. The van der Waals surface area contributed by atoms with Gasteiger partial charge < -0.3 is 4.74 Å². The summed E-state index contributed by atoms with van der Waals surface area (Å²) in [5.74, 6) is -0.0570. The van der Waals surface area contributed by atoms with Crippen molar-refractivity contribution in [2.45, 2.75) is 78.6 Å². The first-order chi connectivity index (χ1) is 14.3. The molecule has 0 aliphatic carbocycles. The molecule has 0 aromatic heterocycles. The standard InChI is InChI=1S/C27H42O2/c1-4-7-8-9-10-11-12-13-14-15-16-17-18-19-20-21-22-23-25-26(24-5-2)27(28)29-6-3/h7-8,10-11,13-14,16-17,19-20,22-23,26H,4-6,9,12,15,18,21,24-25H2,1-3H3/b8-7-,11-10-,14-13-,17-16-,20-19-,23-22-. The van der Waals surface area contributed by atoms with E-state index in [1.54, 1.807) is 0 Å². The van der Waals surface area contributed by atoms with E-state index in [0.717, 1.165) is 57.8 Å². The van der Waals surface area contributed by atoms with Gasteiger partial charge in [-0.2, -0.15) is 0 Å². The second kappa shape index (κ2) is 22.2. The number of carbonyl (C=O) groups excluding carboxylic acids is 1. The number of ether oxygens (including phenoxy) is 1. The maximum Gasteiger partial charge on any atom is 0.309 e. The van der Waals surface area contributed by atoms with E-state index in [-0.39, 0.29) is 11.9 Å². The molecule has 0 spiro atoms. The Labute approximate surface area is 179 Å². The predicted octanol–water partition coefficient (Wildman–Crippen LogP) is 8.05. The average Bonchev–Trinajstić information content (AvgIpc) is 2.72. The van der Waals surface area contributed by atoms with E-state index < -0.39 is 0 Å². The van der Waals surface area contributed by atoms with Crippen LogP contribution in [-0.4, -0.2) is 12.6 Å². The van der Waals surface area contributed by atoms with Gasteiger partial charge in [0.05, 0.1) is 12.5 Å². The summed E-state index contributed by atoms with van der Waals surface area (Å²) in [6.45, 7) is 6.58. The molecule has 0 bridgehead atoms. The van der Waals surface area contributed by atoms with Gasteiger partial charge in [-0.15, -0.1) is 0 Å². The van der Waals surface area contributed by atoms with Crippen LogP contribution in [0.2, 0.25) is 0 Å². The Hall–Kier alpha value is -2.09. The van der Waals surface area contributed by atoms with Gasteiger partial charge in [-0.05, 0) is 58.3 Å². The number of esters is 1. The number of hydrogen-bond donors (Lipinski definition) is 0. The second-order valence-corrected chi connectivity index (χ2v) is 6.89. The van der Waals surface area contributed by atoms with Crippen molar-refractivity contribution >= 4 is 5.97 Å². The van der Waals surface area contributed by atoms with Crippen LogP contribution in [0.5, 0.6) is 0 Å². The Bertz CT molecular complexity index is 547.